The normalized spacial score (nSPS) is 8.38. The van der Waals surface area contributed by atoms with Gasteiger partial charge < -0.3 is 4.98 Å². The Morgan fingerprint density at radius 1 is 1.75 bits per heavy atom. The van der Waals surface area contributed by atoms with Gasteiger partial charge in [-0.3, -0.25) is 0 Å². The third-order valence-electron chi connectivity index (χ3n) is 0.733. The number of nitrogens with one attached hydrogen (secondary N) is 1. The number of rotatable bonds is 1. The van der Waals surface area contributed by atoms with Crippen LogP contribution in [-0.2, 0) is 0 Å². The molecule has 0 saturated heterocycles. The molecule has 0 saturated carbocycles. The summed E-state index contributed by atoms with van der Waals surface area (Å²) < 4.78 is 0. The van der Waals surface area contributed by atoms with Crippen molar-refractivity contribution >= 4 is 11.8 Å². The average molecular weight is 124 g/mol. The smallest absolute Gasteiger partial charge is 0.138 e. The summed E-state index contributed by atoms with van der Waals surface area (Å²) in [6.45, 7) is 0. The molecule has 1 rings (SSSR count). The van der Waals surface area contributed by atoms with E-state index in [0.717, 1.165) is 16.7 Å². The molecule has 0 aliphatic heterocycles. The molecule has 1 aromatic heterocycles. The first-order chi connectivity index (χ1) is 3.93. The van der Waals surface area contributed by atoms with E-state index in [4.69, 9.17) is 5.26 Å². The molecular formula is C5H4N2S. The van der Waals surface area contributed by atoms with E-state index in [1.807, 2.05) is 11.5 Å². The number of nitrogens with zero attached hydrogens (tertiary/aromatic N) is 1. The van der Waals surface area contributed by atoms with E-state index >= 15 is 0 Å². The zero-order chi connectivity index (χ0) is 5.82. The van der Waals surface area contributed by atoms with Gasteiger partial charge in [0.05, 0.1) is 0 Å². The van der Waals surface area contributed by atoms with Crippen LogP contribution in [0.15, 0.2) is 23.4 Å². The van der Waals surface area contributed by atoms with Gasteiger partial charge in [-0.15, -0.1) is 0 Å². The molecule has 40 valence electrons. The Kier molecular flexibility index (Phi) is 1.60. The van der Waals surface area contributed by atoms with Gasteiger partial charge in [-0.05, 0) is 17.8 Å². The molecule has 3 heteroatoms. The van der Waals surface area contributed by atoms with Gasteiger partial charge in [0, 0.05) is 17.3 Å². The van der Waals surface area contributed by atoms with Crippen molar-refractivity contribution in [2.45, 2.75) is 4.90 Å². The Morgan fingerprint density at radius 3 is 3.12 bits per heavy atom. The summed E-state index contributed by atoms with van der Waals surface area (Å²) in [6.07, 6.45) is 3.58. The largest absolute Gasteiger partial charge is 0.367 e. The number of aromatic amines is 1. The minimum Gasteiger partial charge on any atom is -0.367 e. The topological polar surface area (TPSA) is 39.6 Å². The molecule has 0 spiro atoms. The number of thiocyanates is 1. The number of hydrogen-bond donors (Lipinski definition) is 1. The van der Waals surface area contributed by atoms with Crippen LogP contribution in [0.3, 0.4) is 0 Å². The third kappa shape index (κ3) is 1.04. The van der Waals surface area contributed by atoms with Crippen molar-refractivity contribution < 1.29 is 0 Å². The van der Waals surface area contributed by atoms with Crippen molar-refractivity contribution in [1.82, 2.24) is 4.98 Å². The van der Waals surface area contributed by atoms with E-state index in [0.29, 0.717) is 0 Å². The SMILES string of the molecule is N#CSc1cc[nH]c1. The zero-order valence-electron chi connectivity index (χ0n) is 4.09. The first kappa shape index (κ1) is 5.26. The Morgan fingerprint density at radius 2 is 2.62 bits per heavy atom. The summed E-state index contributed by atoms with van der Waals surface area (Å²) in [4.78, 5) is 3.81. The molecule has 1 heterocycles. The van der Waals surface area contributed by atoms with E-state index in [-0.39, 0.29) is 0 Å². The first-order valence-corrected chi connectivity index (χ1v) is 2.94. The summed E-state index contributed by atoms with van der Waals surface area (Å²) >= 11 is 1.16. The van der Waals surface area contributed by atoms with Crippen LogP contribution >= 0.6 is 11.8 Å². The van der Waals surface area contributed by atoms with E-state index in [9.17, 15) is 0 Å². The van der Waals surface area contributed by atoms with Crippen molar-refractivity contribution in [3.8, 4) is 5.40 Å². The van der Waals surface area contributed by atoms with Crippen molar-refractivity contribution in [3.05, 3.63) is 18.5 Å². The minimum atomic E-state index is 0.965. The second-order valence-electron chi connectivity index (χ2n) is 1.24. The average Bonchev–Trinajstić information content (AvgIpc) is 2.19. The van der Waals surface area contributed by atoms with Crippen LogP contribution in [0.5, 0.6) is 0 Å². The monoisotopic (exact) mass is 124 g/mol. The molecule has 0 fully saturated rings. The minimum absolute atomic E-state index is 0.965. The van der Waals surface area contributed by atoms with Crippen molar-refractivity contribution in [2.24, 2.45) is 0 Å². The van der Waals surface area contributed by atoms with Crippen molar-refractivity contribution in [3.63, 3.8) is 0 Å². The highest BCUT2D eigenvalue weighted by Crippen LogP contribution is 2.13. The van der Waals surface area contributed by atoms with Gasteiger partial charge >= 0.3 is 0 Å². The Bertz CT molecular complexity index is 185. The molecule has 0 aliphatic carbocycles. The Hall–Kier alpha value is -0.880. The summed E-state index contributed by atoms with van der Waals surface area (Å²) in [5.41, 5.74) is 0. The van der Waals surface area contributed by atoms with Crippen LogP contribution in [0.25, 0.3) is 0 Å². The zero-order valence-corrected chi connectivity index (χ0v) is 4.90. The van der Waals surface area contributed by atoms with Crippen molar-refractivity contribution in [1.29, 1.82) is 5.26 Å². The number of thioether (sulfide) groups is 1. The molecule has 0 atom stereocenters. The summed E-state index contributed by atoms with van der Waals surface area (Å²) in [6, 6.07) is 1.86. The maximum absolute atomic E-state index is 8.14. The number of aromatic nitrogens is 1. The molecule has 0 unspecified atom stereocenters. The highest BCUT2D eigenvalue weighted by molar-refractivity contribution is 8.03. The van der Waals surface area contributed by atoms with Crippen LogP contribution in [0.1, 0.15) is 0 Å². The summed E-state index contributed by atoms with van der Waals surface area (Å²) in [5.74, 6) is 0. The van der Waals surface area contributed by atoms with Gasteiger partial charge in [0.25, 0.3) is 0 Å². The quantitative estimate of drug-likeness (QED) is 0.456. The fraction of sp³-hybridized carbons (Fsp3) is 0. The van der Waals surface area contributed by atoms with Gasteiger partial charge in [-0.25, -0.2) is 0 Å². The lowest BCUT2D eigenvalue weighted by molar-refractivity contribution is 1.38. The molecular weight excluding hydrogens is 120 g/mol. The third-order valence-corrected chi connectivity index (χ3v) is 1.31. The molecule has 0 aromatic carbocycles. The van der Waals surface area contributed by atoms with Crippen LogP contribution < -0.4 is 0 Å². The van der Waals surface area contributed by atoms with Gasteiger partial charge in [-0.1, -0.05) is 0 Å². The van der Waals surface area contributed by atoms with Crippen molar-refractivity contribution in [2.75, 3.05) is 0 Å². The Labute approximate surface area is 51.5 Å². The fourth-order valence-corrected chi connectivity index (χ4v) is 0.793. The van der Waals surface area contributed by atoms with Crippen LogP contribution in [-0.4, -0.2) is 4.98 Å². The highest BCUT2D eigenvalue weighted by atomic mass is 32.2. The van der Waals surface area contributed by atoms with E-state index in [2.05, 4.69) is 4.98 Å². The maximum atomic E-state index is 8.14. The van der Waals surface area contributed by atoms with E-state index in [1.54, 1.807) is 12.4 Å². The van der Waals surface area contributed by atoms with Gasteiger partial charge in [0.1, 0.15) is 5.40 Å². The molecule has 0 aliphatic rings. The molecule has 8 heavy (non-hydrogen) atoms. The second kappa shape index (κ2) is 2.43. The lowest BCUT2D eigenvalue weighted by Gasteiger charge is -1.75. The number of hydrogen-bond acceptors (Lipinski definition) is 2. The summed E-state index contributed by atoms with van der Waals surface area (Å²) in [7, 11) is 0. The first-order valence-electron chi connectivity index (χ1n) is 2.12. The molecule has 1 aromatic rings. The predicted molar refractivity (Wildman–Crippen MR) is 32.3 cm³/mol. The van der Waals surface area contributed by atoms with Gasteiger partial charge in [0.15, 0.2) is 0 Å². The van der Waals surface area contributed by atoms with Crippen LogP contribution in [0, 0.1) is 10.7 Å². The molecule has 0 radical (unpaired) electrons. The molecule has 0 bridgehead atoms. The van der Waals surface area contributed by atoms with E-state index in [1.165, 1.54) is 0 Å². The number of H-pyrrole nitrogens is 1. The lowest BCUT2D eigenvalue weighted by Crippen LogP contribution is -1.52. The molecule has 1 N–H and O–H groups in total. The van der Waals surface area contributed by atoms with Crippen LogP contribution in [0.4, 0.5) is 0 Å². The second-order valence-corrected chi connectivity index (χ2v) is 2.10. The summed E-state index contributed by atoms with van der Waals surface area (Å²) in [5, 5.41) is 10.1. The Balaban J connectivity index is 2.67. The van der Waals surface area contributed by atoms with Crippen LogP contribution in [0.2, 0.25) is 0 Å². The number of nitriles is 1. The van der Waals surface area contributed by atoms with Gasteiger partial charge in [0.2, 0.25) is 0 Å². The predicted octanol–water partition coefficient (Wildman–Crippen LogP) is 1.59. The molecule has 2 nitrogen and oxygen atoms in total. The van der Waals surface area contributed by atoms with E-state index < -0.39 is 0 Å². The standard InChI is InChI=1S/C5H4N2S/c6-4-8-5-1-2-7-3-5/h1-3,7H. The van der Waals surface area contributed by atoms with Gasteiger partial charge in [-0.2, -0.15) is 5.26 Å². The lowest BCUT2D eigenvalue weighted by atomic mass is 10.7. The highest BCUT2D eigenvalue weighted by Gasteiger charge is 1.87. The maximum Gasteiger partial charge on any atom is 0.138 e. The molecule has 0 amide bonds. The fourth-order valence-electron chi connectivity index (χ4n) is 0.425.